The highest BCUT2D eigenvalue weighted by Crippen LogP contribution is 2.16. The van der Waals surface area contributed by atoms with Gasteiger partial charge in [-0.3, -0.25) is 4.90 Å². The Bertz CT molecular complexity index is 143. The number of hydrogen-bond donors (Lipinski definition) is 2. The summed E-state index contributed by atoms with van der Waals surface area (Å²) >= 11 is 0. The van der Waals surface area contributed by atoms with Gasteiger partial charge in [-0.05, 0) is 25.8 Å². The molecule has 70 valence electrons. The van der Waals surface area contributed by atoms with Crippen molar-refractivity contribution in [3.05, 3.63) is 0 Å². The Balaban J connectivity index is 1.83. The van der Waals surface area contributed by atoms with Crippen LogP contribution in [0.25, 0.3) is 0 Å². The number of hydrogen-bond acceptors (Lipinski definition) is 3. The van der Waals surface area contributed by atoms with Crippen LogP contribution in [0.1, 0.15) is 19.3 Å². The highest BCUT2D eigenvalue weighted by Gasteiger charge is 2.27. The van der Waals surface area contributed by atoms with Crippen molar-refractivity contribution in [1.82, 2.24) is 10.2 Å². The third-order valence-electron chi connectivity index (χ3n) is 2.98. The summed E-state index contributed by atoms with van der Waals surface area (Å²) in [5.41, 5.74) is 0. The smallest absolute Gasteiger partial charge is 0.0679 e. The van der Waals surface area contributed by atoms with E-state index in [4.69, 9.17) is 0 Å². The van der Waals surface area contributed by atoms with E-state index in [0.29, 0.717) is 6.04 Å². The number of β-amino-alcohol motifs (C(OH)–C–C–N with tert-alkyl or cyclic N) is 1. The lowest BCUT2D eigenvalue weighted by atomic mass is 10.1. The van der Waals surface area contributed by atoms with Crippen LogP contribution < -0.4 is 5.32 Å². The largest absolute Gasteiger partial charge is 0.392 e. The van der Waals surface area contributed by atoms with Gasteiger partial charge in [0.15, 0.2) is 0 Å². The van der Waals surface area contributed by atoms with Gasteiger partial charge in [0.05, 0.1) is 6.10 Å². The van der Waals surface area contributed by atoms with E-state index in [1.807, 2.05) is 0 Å². The zero-order valence-electron chi connectivity index (χ0n) is 7.50. The third kappa shape index (κ3) is 1.79. The van der Waals surface area contributed by atoms with Gasteiger partial charge in [-0.1, -0.05) is 0 Å². The Hall–Kier alpha value is -0.120. The minimum absolute atomic E-state index is 0.0630. The van der Waals surface area contributed by atoms with Crippen LogP contribution in [0.15, 0.2) is 0 Å². The molecule has 3 heteroatoms. The molecule has 0 unspecified atom stereocenters. The SMILES string of the molecule is O[C@@H]1CCN([C@H]2CCCNC2)C1. The monoisotopic (exact) mass is 170 g/mol. The van der Waals surface area contributed by atoms with Crippen molar-refractivity contribution in [2.45, 2.75) is 31.4 Å². The molecule has 2 saturated heterocycles. The number of rotatable bonds is 1. The standard InChI is InChI=1S/C9H18N2O/c12-9-3-5-11(7-9)8-2-1-4-10-6-8/h8-10,12H,1-7H2/t8-,9+/m0/s1. The van der Waals surface area contributed by atoms with Crippen molar-refractivity contribution in [3.63, 3.8) is 0 Å². The molecule has 2 fully saturated rings. The zero-order valence-corrected chi connectivity index (χ0v) is 7.50. The Morgan fingerprint density at radius 2 is 2.25 bits per heavy atom. The predicted molar refractivity (Wildman–Crippen MR) is 48.1 cm³/mol. The fraction of sp³-hybridized carbons (Fsp3) is 1.00. The van der Waals surface area contributed by atoms with E-state index in [0.717, 1.165) is 26.1 Å². The first-order chi connectivity index (χ1) is 5.86. The van der Waals surface area contributed by atoms with Crippen molar-refractivity contribution in [3.8, 4) is 0 Å². The molecule has 2 heterocycles. The van der Waals surface area contributed by atoms with Gasteiger partial charge in [-0.2, -0.15) is 0 Å². The number of aliphatic hydroxyl groups is 1. The molecule has 0 aromatic rings. The molecular weight excluding hydrogens is 152 g/mol. The molecule has 2 atom stereocenters. The maximum absolute atomic E-state index is 9.37. The van der Waals surface area contributed by atoms with Gasteiger partial charge >= 0.3 is 0 Å². The van der Waals surface area contributed by atoms with E-state index in [-0.39, 0.29) is 6.10 Å². The van der Waals surface area contributed by atoms with Crippen LogP contribution in [0.2, 0.25) is 0 Å². The molecule has 0 aliphatic carbocycles. The van der Waals surface area contributed by atoms with Crippen LogP contribution in [0, 0.1) is 0 Å². The average molecular weight is 170 g/mol. The summed E-state index contributed by atoms with van der Waals surface area (Å²) < 4.78 is 0. The molecule has 0 saturated carbocycles. The minimum atomic E-state index is -0.0630. The molecule has 0 spiro atoms. The van der Waals surface area contributed by atoms with E-state index in [9.17, 15) is 5.11 Å². The fourth-order valence-corrected chi connectivity index (χ4v) is 2.24. The molecule has 0 aromatic heterocycles. The number of aliphatic hydroxyl groups excluding tert-OH is 1. The van der Waals surface area contributed by atoms with Gasteiger partial charge in [-0.15, -0.1) is 0 Å². The summed E-state index contributed by atoms with van der Waals surface area (Å²) in [4.78, 5) is 2.43. The fourth-order valence-electron chi connectivity index (χ4n) is 2.24. The second-order valence-electron chi connectivity index (χ2n) is 3.94. The summed E-state index contributed by atoms with van der Waals surface area (Å²) in [5, 5.41) is 12.8. The molecule has 2 N–H and O–H groups in total. The molecule has 2 aliphatic heterocycles. The molecule has 0 amide bonds. The van der Waals surface area contributed by atoms with E-state index >= 15 is 0 Å². The average Bonchev–Trinajstić information content (AvgIpc) is 2.54. The first-order valence-corrected chi connectivity index (χ1v) is 4.99. The summed E-state index contributed by atoms with van der Waals surface area (Å²) in [6.07, 6.45) is 3.50. The molecule has 3 nitrogen and oxygen atoms in total. The summed E-state index contributed by atoms with van der Waals surface area (Å²) in [6.45, 7) is 4.28. The molecule has 0 aromatic carbocycles. The Morgan fingerprint density at radius 3 is 2.83 bits per heavy atom. The molecule has 0 radical (unpaired) electrons. The molecular formula is C9H18N2O. The van der Waals surface area contributed by atoms with Crippen molar-refractivity contribution >= 4 is 0 Å². The number of nitrogens with one attached hydrogen (secondary N) is 1. The van der Waals surface area contributed by atoms with Gasteiger partial charge < -0.3 is 10.4 Å². The molecule has 2 rings (SSSR count). The summed E-state index contributed by atoms with van der Waals surface area (Å²) in [5.74, 6) is 0. The van der Waals surface area contributed by atoms with Crippen LogP contribution in [0.3, 0.4) is 0 Å². The second kappa shape index (κ2) is 3.73. The molecule has 2 aliphatic rings. The van der Waals surface area contributed by atoms with Gasteiger partial charge in [0.2, 0.25) is 0 Å². The van der Waals surface area contributed by atoms with Crippen LogP contribution in [0.4, 0.5) is 0 Å². The quantitative estimate of drug-likeness (QED) is 0.572. The van der Waals surface area contributed by atoms with Crippen molar-refractivity contribution < 1.29 is 5.11 Å². The summed E-state index contributed by atoms with van der Waals surface area (Å²) in [7, 11) is 0. The van der Waals surface area contributed by atoms with Crippen molar-refractivity contribution in [2.75, 3.05) is 26.2 Å². The van der Waals surface area contributed by atoms with Gasteiger partial charge in [0.1, 0.15) is 0 Å². The highest BCUT2D eigenvalue weighted by molar-refractivity contribution is 4.84. The second-order valence-corrected chi connectivity index (χ2v) is 3.94. The highest BCUT2D eigenvalue weighted by atomic mass is 16.3. The zero-order chi connectivity index (χ0) is 8.39. The lowest BCUT2D eigenvalue weighted by molar-refractivity contribution is 0.147. The van der Waals surface area contributed by atoms with E-state index < -0.39 is 0 Å². The van der Waals surface area contributed by atoms with Crippen LogP contribution in [-0.4, -0.2) is 48.3 Å². The van der Waals surface area contributed by atoms with Gasteiger partial charge in [0, 0.05) is 25.7 Å². The lowest BCUT2D eigenvalue weighted by Crippen LogP contribution is -2.45. The number of piperidine rings is 1. The van der Waals surface area contributed by atoms with Crippen LogP contribution in [-0.2, 0) is 0 Å². The first-order valence-electron chi connectivity index (χ1n) is 4.99. The number of nitrogens with zero attached hydrogens (tertiary/aromatic N) is 1. The first kappa shape index (κ1) is 8.48. The van der Waals surface area contributed by atoms with Crippen LogP contribution in [0.5, 0.6) is 0 Å². The summed E-state index contributed by atoms with van der Waals surface area (Å²) in [6, 6.07) is 0.691. The van der Waals surface area contributed by atoms with Crippen LogP contribution >= 0.6 is 0 Å². The Morgan fingerprint density at radius 1 is 1.33 bits per heavy atom. The Kier molecular flexibility index (Phi) is 2.63. The Labute approximate surface area is 73.8 Å². The van der Waals surface area contributed by atoms with Crippen molar-refractivity contribution in [2.24, 2.45) is 0 Å². The normalized spacial score (nSPS) is 38.8. The van der Waals surface area contributed by atoms with E-state index in [1.54, 1.807) is 0 Å². The van der Waals surface area contributed by atoms with Gasteiger partial charge in [0.25, 0.3) is 0 Å². The van der Waals surface area contributed by atoms with Gasteiger partial charge in [-0.25, -0.2) is 0 Å². The topological polar surface area (TPSA) is 35.5 Å². The maximum Gasteiger partial charge on any atom is 0.0679 e. The predicted octanol–water partition coefficient (Wildman–Crippen LogP) is -0.195. The van der Waals surface area contributed by atoms with Crippen molar-refractivity contribution in [1.29, 1.82) is 0 Å². The molecule has 0 bridgehead atoms. The minimum Gasteiger partial charge on any atom is -0.392 e. The van der Waals surface area contributed by atoms with E-state index in [2.05, 4.69) is 10.2 Å². The maximum atomic E-state index is 9.37. The number of likely N-dealkylation sites (tertiary alicyclic amines) is 1. The third-order valence-corrected chi connectivity index (χ3v) is 2.98. The van der Waals surface area contributed by atoms with E-state index in [1.165, 1.54) is 19.4 Å². The lowest BCUT2D eigenvalue weighted by Gasteiger charge is -2.31. The molecule has 12 heavy (non-hydrogen) atoms.